The zero-order chi connectivity index (χ0) is 18.9. The Morgan fingerprint density at radius 1 is 1.31 bits per heavy atom. The van der Waals surface area contributed by atoms with Crippen LogP contribution in [0.15, 0.2) is 46.1 Å². The first-order valence-corrected chi connectivity index (χ1v) is 8.64. The van der Waals surface area contributed by atoms with Gasteiger partial charge in [0.2, 0.25) is 5.91 Å². The smallest absolute Gasteiger partial charge is 0.328 e. The van der Waals surface area contributed by atoms with E-state index in [0.29, 0.717) is 13.0 Å². The monoisotopic (exact) mass is 357 g/mol. The van der Waals surface area contributed by atoms with Crippen molar-refractivity contribution < 1.29 is 9.90 Å². The fourth-order valence-corrected chi connectivity index (χ4v) is 3.57. The maximum atomic E-state index is 12.7. The summed E-state index contributed by atoms with van der Waals surface area (Å²) in [6, 6.07) is 8.48. The van der Waals surface area contributed by atoms with Gasteiger partial charge < -0.3 is 10.0 Å². The van der Waals surface area contributed by atoms with Crippen LogP contribution in [0.25, 0.3) is 0 Å². The molecule has 0 aliphatic carbocycles. The minimum atomic E-state index is -1.28. The number of aromatic amines is 1. The molecule has 138 valence electrons. The maximum Gasteiger partial charge on any atom is 0.328 e. The van der Waals surface area contributed by atoms with Crippen molar-refractivity contribution in [2.24, 2.45) is 0 Å². The highest BCUT2D eigenvalue weighted by Gasteiger charge is 2.41. The van der Waals surface area contributed by atoms with Gasteiger partial charge in [0.15, 0.2) is 0 Å². The molecule has 1 saturated heterocycles. The summed E-state index contributed by atoms with van der Waals surface area (Å²) in [5, 5.41) is 10.9. The molecule has 1 aromatic heterocycles. The van der Waals surface area contributed by atoms with E-state index >= 15 is 0 Å². The average molecular weight is 357 g/mol. The topological polar surface area (TPSA) is 95.4 Å². The molecular weight excluding hydrogens is 334 g/mol. The van der Waals surface area contributed by atoms with E-state index in [9.17, 15) is 19.5 Å². The van der Waals surface area contributed by atoms with Crippen molar-refractivity contribution >= 4 is 5.91 Å². The van der Waals surface area contributed by atoms with Gasteiger partial charge >= 0.3 is 5.69 Å². The highest BCUT2D eigenvalue weighted by Crippen LogP contribution is 2.31. The Bertz CT molecular complexity index is 929. The van der Waals surface area contributed by atoms with Crippen LogP contribution >= 0.6 is 0 Å². The fourth-order valence-electron chi connectivity index (χ4n) is 3.57. The van der Waals surface area contributed by atoms with Crippen molar-refractivity contribution in [2.75, 3.05) is 13.1 Å². The lowest BCUT2D eigenvalue weighted by Gasteiger charge is -2.43. The third-order valence-corrected chi connectivity index (χ3v) is 5.04. The van der Waals surface area contributed by atoms with E-state index in [0.717, 1.165) is 11.1 Å². The van der Waals surface area contributed by atoms with Crippen LogP contribution in [-0.4, -0.2) is 44.2 Å². The van der Waals surface area contributed by atoms with Gasteiger partial charge in [-0.15, -0.1) is 0 Å². The van der Waals surface area contributed by atoms with Crippen molar-refractivity contribution in [3.8, 4) is 0 Å². The predicted molar refractivity (Wildman–Crippen MR) is 97.1 cm³/mol. The van der Waals surface area contributed by atoms with Gasteiger partial charge in [0.1, 0.15) is 5.60 Å². The zero-order valence-corrected chi connectivity index (χ0v) is 14.9. The highest BCUT2D eigenvalue weighted by molar-refractivity contribution is 5.79. The number of rotatable bonds is 3. The molecule has 2 N–H and O–H groups in total. The molecule has 0 saturated carbocycles. The summed E-state index contributed by atoms with van der Waals surface area (Å²) in [6.45, 7) is 4.15. The van der Waals surface area contributed by atoms with Crippen molar-refractivity contribution in [3.63, 3.8) is 0 Å². The van der Waals surface area contributed by atoms with Crippen LogP contribution in [0.1, 0.15) is 30.5 Å². The standard InChI is InChI=1S/C19H23N3O4/c1-13-5-3-4-6-14(13)11-17(24)21-9-7-15(19(2,26)12-21)22-10-8-16(23)20-18(22)25/h3-6,8,10,15,26H,7,9,11-12H2,1-2H3,(H,20,23,25)/t15-,19-/m1/s1. The van der Waals surface area contributed by atoms with Crippen LogP contribution in [-0.2, 0) is 11.2 Å². The molecule has 1 aliphatic rings. The van der Waals surface area contributed by atoms with Crippen LogP contribution in [0.5, 0.6) is 0 Å². The molecule has 2 heterocycles. The van der Waals surface area contributed by atoms with E-state index < -0.39 is 22.9 Å². The molecule has 26 heavy (non-hydrogen) atoms. The number of aliphatic hydroxyl groups is 1. The Kier molecular flexibility index (Phi) is 4.82. The predicted octanol–water partition coefficient (Wildman–Crippen LogP) is 0.612. The van der Waals surface area contributed by atoms with Gasteiger partial charge in [0, 0.05) is 18.8 Å². The van der Waals surface area contributed by atoms with Crippen molar-refractivity contribution in [1.29, 1.82) is 0 Å². The van der Waals surface area contributed by atoms with Crippen molar-refractivity contribution in [1.82, 2.24) is 14.5 Å². The van der Waals surface area contributed by atoms with E-state index in [-0.39, 0.29) is 18.9 Å². The molecule has 2 aromatic rings. The fraction of sp³-hybridized carbons (Fsp3) is 0.421. The number of nitrogens with one attached hydrogen (secondary N) is 1. The van der Waals surface area contributed by atoms with E-state index in [1.54, 1.807) is 11.8 Å². The van der Waals surface area contributed by atoms with E-state index in [4.69, 9.17) is 0 Å². The van der Waals surface area contributed by atoms with Gasteiger partial charge in [-0.3, -0.25) is 19.1 Å². The van der Waals surface area contributed by atoms with Crippen LogP contribution in [0.4, 0.5) is 0 Å². The summed E-state index contributed by atoms with van der Waals surface area (Å²) in [7, 11) is 0. The largest absolute Gasteiger partial charge is 0.386 e. The van der Waals surface area contributed by atoms with Gasteiger partial charge in [-0.2, -0.15) is 0 Å². The molecule has 0 spiro atoms. The quantitative estimate of drug-likeness (QED) is 0.841. The number of carbonyl (C=O) groups is 1. The Hall–Kier alpha value is -2.67. The Balaban J connectivity index is 1.76. The number of aromatic nitrogens is 2. The first-order valence-electron chi connectivity index (χ1n) is 8.64. The number of hydrogen-bond acceptors (Lipinski definition) is 4. The second-order valence-electron chi connectivity index (χ2n) is 7.10. The minimum Gasteiger partial charge on any atom is -0.386 e. The van der Waals surface area contributed by atoms with E-state index in [2.05, 4.69) is 4.98 Å². The maximum absolute atomic E-state index is 12.7. The van der Waals surface area contributed by atoms with Gasteiger partial charge in [0.05, 0.1) is 19.0 Å². The Morgan fingerprint density at radius 2 is 2.04 bits per heavy atom. The molecule has 7 nitrogen and oxygen atoms in total. The molecule has 1 aliphatic heterocycles. The third kappa shape index (κ3) is 3.62. The number of aryl methyl sites for hydroxylation is 1. The van der Waals surface area contributed by atoms with Gasteiger partial charge in [-0.1, -0.05) is 24.3 Å². The average Bonchev–Trinajstić information content (AvgIpc) is 2.57. The number of likely N-dealkylation sites (tertiary alicyclic amines) is 1. The number of benzene rings is 1. The van der Waals surface area contributed by atoms with Crippen LogP contribution < -0.4 is 11.2 Å². The SMILES string of the molecule is Cc1ccccc1CC(=O)N1CC[C@@H](n2ccc(=O)[nH]c2=O)[C@](C)(O)C1. The van der Waals surface area contributed by atoms with Gasteiger partial charge in [0.25, 0.3) is 5.56 Å². The van der Waals surface area contributed by atoms with Crippen molar-refractivity contribution in [3.05, 3.63) is 68.5 Å². The molecule has 3 rings (SSSR count). The lowest BCUT2D eigenvalue weighted by Crippen LogP contribution is -2.56. The Morgan fingerprint density at radius 3 is 2.69 bits per heavy atom. The molecular formula is C19H23N3O4. The van der Waals surface area contributed by atoms with Gasteiger partial charge in [-0.05, 0) is 31.4 Å². The van der Waals surface area contributed by atoms with Crippen molar-refractivity contribution in [2.45, 2.75) is 38.3 Å². The first kappa shape index (κ1) is 18.1. The molecule has 1 fully saturated rings. The summed E-state index contributed by atoms with van der Waals surface area (Å²) in [5.74, 6) is -0.0492. The lowest BCUT2D eigenvalue weighted by atomic mass is 9.88. The number of hydrogen-bond donors (Lipinski definition) is 2. The number of amides is 1. The van der Waals surface area contributed by atoms with Crippen LogP contribution in [0.3, 0.4) is 0 Å². The number of β-amino-alcohol motifs (C(OH)–C–C–N with tert-alkyl or cyclic N) is 1. The second-order valence-corrected chi connectivity index (χ2v) is 7.10. The molecule has 1 amide bonds. The molecule has 0 unspecified atom stereocenters. The molecule has 0 bridgehead atoms. The van der Waals surface area contributed by atoms with Gasteiger partial charge in [-0.25, -0.2) is 4.79 Å². The number of carbonyl (C=O) groups excluding carboxylic acids is 1. The lowest BCUT2D eigenvalue weighted by molar-refractivity contribution is -0.140. The van der Waals surface area contributed by atoms with Crippen LogP contribution in [0.2, 0.25) is 0 Å². The zero-order valence-electron chi connectivity index (χ0n) is 14.9. The Labute approximate surface area is 150 Å². The summed E-state index contributed by atoms with van der Waals surface area (Å²) >= 11 is 0. The molecule has 0 radical (unpaired) electrons. The number of H-pyrrole nitrogens is 1. The third-order valence-electron chi connectivity index (χ3n) is 5.04. The normalized spacial score (nSPS) is 23.0. The summed E-state index contributed by atoms with van der Waals surface area (Å²) in [6.07, 6.45) is 2.11. The number of nitrogens with zero attached hydrogens (tertiary/aromatic N) is 2. The van der Waals surface area contributed by atoms with E-state index in [1.807, 2.05) is 31.2 Å². The summed E-state index contributed by atoms with van der Waals surface area (Å²) in [5.41, 5.74) is -0.278. The summed E-state index contributed by atoms with van der Waals surface area (Å²) in [4.78, 5) is 39.8. The molecule has 7 heteroatoms. The first-order chi connectivity index (χ1) is 12.3. The summed E-state index contributed by atoms with van der Waals surface area (Å²) < 4.78 is 1.34. The highest BCUT2D eigenvalue weighted by atomic mass is 16.3. The second kappa shape index (κ2) is 6.92. The van der Waals surface area contributed by atoms with E-state index in [1.165, 1.54) is 16.8 Å². The minimum absolute atomic E-state index is 0.0492. The molecule has 2 atom stereocenters. The molecule has 1 aromatic carbocycles. The van der Waals surface area contributed by atoms with Crippen LogP contribution in [0, 0.1) is 6.92 Å². The number of piperidine rings is 1.